The molecule has 0 aliphatic carbocycles. The Hall–Kier alpha value is -5.06. The van der Waals surface area contributed by atoms with Crippen LogP contribution < -0.4 is 35.0 Å². The minimum atomic E-state index is -0.903. The van der Waals surface area contributed by atoms with E-state index in [2.05, 4.69) is 21.2 Å². The summed E-state index contributed by atoms with van der Waals surface area (Å²) < 4.78 is 21.1. The van der Waals surface area contributed by atoms with Crippen LogP contribution in [0.1, 0.15) is 11.1 Å². The van der Waals surface area contributed by atoms with Crippen molar-refractivity contribution in [3.8, 4) is 23.0 Å². The number of methoxy groups -OCH3 is 1. The molecular weight excluding hydrogens is 480 g/mol. The number of amides is 3. The highest BCUT2D eigenvalue weighted by Gasteiger charge is 2.15. The number of hydrogen-bond acceptors (Lipinski definition) is 8. The molecule has 3 aromatic rings. The van der Waals surface area contributed by atoms with Crippen LogP contribution in [0.2, 0.25) is 0 Å². The number of benzene rings is 3. The van der Waals surface area contributed by atoms with Gasteiger partial charge in [-0.25, -0.2) is 5.43 Å². The van der Waals surface area contributed by atoms with Crippen molar-refractivity contribution in [1.82, 2.24) is 10.7 Å². The molecule has 0 saturated heterocycles. The summed E-state index contributed by atoms with van der Waals surface area (Å²) >= 11 is 0. The summed E-state index contributed by atoms with van der Waals surface area (Å²) in [4.78, 5) is 36.0. The molecule has 37 heavy (non-hydrogen) atoms. The standard InChI is InChI=1S/C26H24N4O7/c1-34-20-9-5-19(6-10-20)29-24(31)15-35-21-7-2-17(3-8-21)14-28-30-26(33)25(32)27-13-18-4-11-22-23(12-18)37-16-36-22/h2-12,14H,13,15-16H2,1H3,(H,27,32)(H,29,31)(H,30,33)/b28-14-. The van der Waals surface area contributed by atoms with Gasteiger partial charge in [0.25, 0.3) is 5.91 Å². The summed E-state index contributed by atoms with van der Waals surface area (Å²) in [7, 11) is 1.57. The highest BCUT2D eigenvalue weighted by molar-refractivity contribution is 6.35. The van der Waals surface area contributed by atoms with E-state index in [1.165, 1.54) is 6.21 Å². The molecule has 0 spiro atoms. The van der Waals surface area contributed by atoms with Crippen LogP contribution in [0.3, 0.4) is 0 Å². The second-order valence-corrected chi connectivity index (χ2v) is 7.70. The zero-order valence-electron chi connectivity index (χ0n) is 19.9. The number of carbonyl (C=O) groups is 3. The summed E-state index contributed by atoms with van der Waals surface area (Å²) in [6.07, 6.45) is 1.38. The normalized spacial score (nSPS) is 11.6. The molecule has 1 aliphatic heterocycles. The van der Waals surface area contributed by atoms with Gasteiger partial charge in [0.1, 0.15) is 11.5 Å². The Bertz CT molecular complexity index is 1290. The molecule has 0 unspecified atom stereocenters. The van der Waals surface area contributed by atoms with E-state index in [0.29, 0.717) is 34.2 Å². The number of nitrogens with one attached hydrogen (secondary N) is 3. The van der Waals surface area contributed by atoms with Gasteiger partial charge >= 0.3 is 11.8 Å². The smallest absolute Gasteiger partial charge is 0.329 e. The van der Waals surface area contributed by atoms with Crippen molar-refractivity contribution < 1.29 is 33.3 Å². The van der Waals surface area contributed by atoms with Crippen LogP contribution in [-0.2, 0) is 20.9 Å². The fourth-order valence-electron chi connectivity index (χ4n) is 3.20. The van der Waals surface area contributed by atoms with E-state index in [1.54, 1.807) is 73.8 Å². The van der Waals surface area contributed by atoms with E-state index < -0.39 is 11.8 Å². The van der Waals surface area contributed by atoms with Gasteiger partial charge in [0.05, 0.1) is 13.3 Å². The predicted molar refractivity (Wildman–Crippen MR) is 134 cm³/mol. The van der Waals surface area contributed by atoms with Crippen LogP contribution in [0.25, 0.3) is 0 Å². The predicted octanol–water partition coefficient (Wildman–Crippen LogP) is 2.21. The topological polar surface area (TPSA) is 137 Å². The third-order valence-electron chi connectivity index (χ3n) is 5.10. The van der Waals surface area contributed by atoms with Gasteiger partial charge in [0.2, 0.25) is 6.79 Å². The van der Waals surface area contributed by atoms with Gasteiger partial charge in [-0.3, -0.25) is 14.4 Å². The summed E-state index contributed by atoms with van der Waals surface area (Å²) in [5.41, 5.74) is 4.21. The van der Waals surface area contributed by atoms with Crippen LogP contribution in [0.5, 0.6) is 23.0 Å². The molecule has 0 aromatic heterocycles. The molecule has 0 bridgehead atoms. The maximum Gasteiger partial charge on any atom is 0.329 e. The van der Waals surface area contributed by atoms with Crippen LogP contribution in [-0.4, -0.2) is 44.4 Å². The van der Waals surface area contributed by atoms with Gasteiger partial charge in [0, 0.05) is 12.2 Å². The molecule has 1 aliphatic rings. The van der Waals surface area contributed by atoms with Crippen LogP contribution >= 0.6 is 0 Å². The third-order valence-corrected chi connectivity index (χ3v) is 5.10. The number of nitrogens with zero attached hydrogens (tertiary/aromatic N) is 1. The lowest BCUT2D eigenvalue weighted by molar-refractivity contribution is -0.139. The van der Waals surface area contributed by atoms with Crippen molar-refractivity contribution in [3.05, 3.63) is 77.9 Å². The Balaban J connectivity index is 1.17. The zero-order valence-corrected chi connectivity index (χ0v) is 19.9. The molecule has 11 heteroatoms. The maximum atomic E-state index is 12.1. The highest BCUT2D eigenvalue weighted by Crippen LogP contribution is 2.32. The first-order chi connectivity index (χ1) is 18.0. The van der Waals surface area contributed by atoms with Gasteiger partial charge < -0.3 is 29.6 Å². The lowest BCUT2D eigenvalue weighted by atomic mass is 10.2. The molecule has 11 nitrogen and oxygen atoms in total. The molecule has 190 valence electrons. The number of fused-ring (bicyclic) bond motifs is 1. The Kier molecular flexibility index (Phi) is 8.17. The SMILES string of the molecule is COc1ccc(NC(=O)COc2ccc(/C=N\NC(=O)C(=O)NCc3ccc4c(c3)OCO4)cc2)cc1. The number of carbonyl (C=O) groups excluding carboxylic acids is 3. The van der Waals surface area contributed by atoms with Crippen molar-refractivity contribution in [2.75, 3.05) is 25.8 Å². The molecular formula is C26H24N4O7. The average Bonchev–Trinajstić information content (AvgIpc) is 3.39. The van der Waals surface area contributed by atoms with Crippen molar-refractivity contribution in [2.24, 2.45) is 5.10 Å². The molecule has 1 heterocycles. The first kappa shape index (κ1) is 25.0. The lowest BCUT2D eigenvalue weighted by Gasteiger charge is -2.08. The molecule has 3 amide bonds. The quantitative estimate of drug-likeness (QED) is 0.231. The van der Waals surface area contributed by atoms with E-state index in [-0.39, 0.29) is 25.9 Å². The largest absolute Gasteiger partial charge is 0.497 e. The second kappa shape index (κ2) is 12.1. The van der Waals surface area contributed by atoms with Crippen molar-refractivity contribution in [1.29, 1.82) is 0 Å². The van der Waals surface area contributed by atoms with E-state index >= 15 is 0 Å². The molecule has 3 N–H and O–H groups in total. The lowest BCUT2D eigenvalue weighted by Crippen LogP contribution is -2.37. The fourth-order valence-corrected chi connectivity index (χ4v) is 3.20. The van der Waals surface area contributed by atoms with Crippen LogP contribution in [0.4, 0.5) is 5.69 Å². The van der Waals surface area contributed by atoms with Gasteiger partial charge in [-0.1, -0.05) is 6.07 Å². The Morgan fingerprint density at radius 2 is 1.65 bits per heavy atom. The number of anilines is 1. The number of ether oxygens (including phenoxy) is 4. The van der Waals surface area contributed by atoms with Crippen molar-refractivity contribution in [3.63, 3.8) is 0 Å². The van der Waals surface area contributed by atoms with E-state index in [1.807, 2.05) is 0 Å². The van der Waals surface area contributed by atoms with Crippen LogP contribution in [0, 0.1) is 0 Å². The maximum absolute atomic E-state index is 12.1. The van der Waals surface area contributed by atoms with Gasteiger partial charge in [-0.2, -0.15) is 5.10 Å². The molecule has 0 radical (unpaired) electrons. The molecule has 4 rings (SSSR count). The first-order valence-electron chi connectivity index (χ1n) is 11.2. The Labute approximate surface area is 212 Å². The third kappa shape index (κ3) is 7.21. The monoisotopic (exact) mass is 504 g/mol. The molecule has 0 atom stereocenters. The fraction of sp³-hybridized carbons (Fsp3) is 0.154. The molecule has 0 saturated carbocycles. The summed E-state index contributed by atoms with van der Waals surface area (Å²) in [5.74, 6) is 0.361. The van der Waals surface area contributed by atoms with E-state index in [0.717, 1.165) is 5.56 Å². The van der Waals surface area contributed by atoms with Gasteiger partial charge in [-0.15, -0.1) is 0 Å². The summed E-state index contributed by atoms with van der Waals surface area (Å²) in [5, 5.41) is 9.03. The number of hydrazone groups is 1. The van der Waals surface area contributed by atoms with E-state index in [9.17, 15) is 14.4 Å². The second-order valence-electron chi connectivity index (χ2n) is 7.70. The number of rotatable bonds is 9. The Morgan fingerprint density at radius 1 is 0.919 bits per heavy atom. The van der Waals surface area contributed by atoms with Crippen molar-refractivity contribution >= 4 is 29.6 Å². The minimum Gasteiger partial charge on any atom is -0.497 e. The van der Waals surface area contributed by atoms with Crippen molar-refractivity contribution in [2.45, 2.75) is 6.54 Å². The van der Waals surface area contributed by atoms with Gasteiger partial charge in [0.15, 0.2) is 18.1 Å². The molecule has 0 fully saturated rings. The Morgan fingerprint density at radius 3 is 2.41 bits per heavy atom. The summed E-state index contributed by atoms with van der Waals surface area (Å²) in [6.45, 7) is 0.132. The first-order valence-corrected chi connectivity index (χ1v) is 11.2. The van der Waals surface area contributed by atoms with E-state index in [4.69, 9.17) is 18.9 Å². The van der Waals surface area contributed by atoms with Gasteiger partial charge in [-0.05, 0) is 71.8 Å². The molecule has 3 aromatic carbocycles. The zero-order chi connectivity index (χ0) is 26.0. The highest BCUT2D eigenvalue weighted by atomic mass is 16.7. The minimum absolute atomic E-state index is 0.145. The summed E-state index contributed by atoms with van der Waals surface area (Å²) in [6, 6.07) is 18.9. The average molecular weight is 504 g/mol. The number of hydrogen-bond donors (Lipinski definition) is 3. The van der Waals surface area contributed by atoms with Crippen LogP contribution in [0.15, 0.2) is 71.8 Å².